The van der Waals surface area contributed by atoms with Crippen LogP contribution in [-0.2, 0) is 11.0 Å². The number of carbonyl (C=O) groups excluding carboxylic acids is 2. The number of pyridine rings is 1. The fraction of sp³-hybridized carbons (Fsp3) is 0.227. The van der Waals surface area contributed by atoms with Gasteiger partial charge in [0.25, 0.3) is 11.8 Å². The zero-order chi connectivity index (χ0) is 24.5. The minimum Gasteiger partial charge on any atom is -0.354 e. The topological polar surface area (TPSA) is 100 Å². The van der Waals surface area contributed by atoms with Gasteiger partial charge in [0.15, 0.2) is 0 Å². The molecule has 2 N–H and O–H groups in total. The third kappa shape index (κ3) is 4.80. The van der Waals surface area contributed by atoms with Gasteiger partial charge in [-0.15, -0.1) is 0 Å². The molecule has 176 valence electrons. The van der Waals surface area contributed by atoms with Gasteiger partial charge in [0.2, 0.25) is 0 Å². The number of benzene rings is 1. The third-order valence-corrected chi connectivity index (χ3v) is 5.30. The average Bonchev–Trinajstić information content (AvgIpc) is 3.59. The van der Waals surface area contributed by atoms with E-state index >= 15 is 0 Å². The summed E-state index contributed by atoms with van der Waals surface area (Å²) in [5, 5.41) is 5.22. The van der Waals surface area contributed by atoms with Crippen molar-refractivity contribution in [2.24, 2.45) is 0 Å². The van der Waals surface area contributed by atoms with Crippen LogP contribution in [-0.4, -0.2) is 39.4 Å². The second-order valence-corrected chi connectivity index (χ2v) is 7.75. The Hall–Kier alpha value is -4.09. The van der Waals surface area contributed by atoms with Crippen LogP contribution >= 0.6 is 0 Å². The summed E-state index contributed by atoms with van der Waals surface area (Å²) in [6, 6.07) is 4.96. The minimum absolute atomic E-state index is 0.166. The highest BCUT2D eigenvalue weighted by Crippen LogP contribution is 2.39. The first-order valence-corrected chi connectivity index (χ1v) is 10.0. The lowest BCUT2D eigenvalue weighted by atomic mass is 10.1. The predicted molar refractivity (Wildman–Crippen MR) is 114 cm³/mol. The molecule has 0 bridgehead atoms. The molecule has 12 heteroatoms. The van der Waals surface area contributed by atoms with Crippen molar-refractivity contribution in [3.63, 3.8) is 0 Å². The zero-order valence-corrected chi connectivity index (χ0v) is 17.7. The van der Waals surface area contributed by atoms with Gasteiger partial charge in [0.05, 0.1) is 28.7 Å². The second kappa shape index (κ2) is 8.69. The molecule has 1 aliphatic rings. The van der Waals surface area contributed by atoms with E-state index in [0.717, 1.165) is 12.1 Å². The number of aromatic nitrogens is 3. The average molecular weight is 474 g/mol. The number of nitrogens with one attached hydrogen (secondary N) is 2. The van der Waals surface area contributed by atoms with Gasteiger partial charge in [0, 0.05) is 19.4 Å². The van der Waals surface area contributed by atoms with Gasteiger partial charge in [-0.3, -0.25) is 14.5 Å². The summed E-state index contributed by atoms with van der Waals surface area (Å²) in [7, 11) is 1.48. The summed E-state index contributed by atoms with van der Waals surface area (Å²) in [5.41, 5.74) is -2.19. The molecule has 1 aliphatic carbocycles. The largest absolute Gasteiger partial charge is 0.418 e. The molecule has 4 rings (SSSR count). The standard InChI is InChI=1S/C22H18F4N6O2/c1-32(20(34)21(6-7-21)31-19(33)13-9-27-12-28-10-13)18-5-3-15(11-29-18)30-17-8-14(23)2-4-16(17)22(24,25)26/h2-5,8-12,30H,6-7H2,1H3,(H,31,33). The van der Waals surface area contributed by atoms with Crippen LogP contribution < -0.4 is 15.5 Å². The van der Waals surface area contributed by atoms with Crippen LogP contribution in [0.25, 0.3) is 0 Å². The first-order chi connectivity index (χ1) is 16.1. The molecule has 0 unspecified atom stereocenters. The van der Waals surface area contributed by atoms with E-state index < -0.39 is 40.6 Å². The van der Waals surface area contributed by atoms with Crippen molar-refractivity contribution < 1.29 is 27.2 Å². The molecule has 0 aliphatic heterocycles. The maximum absolute atomic E-state index is 13.5. The van der Waals surface area contributed by atoms with Gasteiger partial charge in [-0.2, -0.15) is 13.2 Å². The van der Waals surface area contributed by atoms with Gasteiger partial charge < -0.3 is 10.6 Å². The minimum atomic E-state index is -4.68. The number of nitrogens with zero attached hydrogens (tertiary/aromatic N) is 4. The lowest BCUT2D eigenvalue weighted by Crippen LogP contribution is -2.50. The SMILES string of the molecule is CN(C(=O)C1(NC(=O)c2cncnc2)CC1)c1ccc(Nc2cc(F)ccc2C(F)(F)F)cn1. The zero-order valence-electron chi connectivity index (χ0n) is 17.7. The van der Waals surface area contributed by atoms with E-state index in [1.807, 2.05) is 0 Å². The molecule has 1 aromatic carbocycles. The van der Waals surface area contributed by atoms with Crippen LogP contribution in [0.3, 0.4) is 0 Å². The summed E-state index contributed by atoms with van der Waals surface area (Å²) in [6.07, 6.45) is 1.38. The number of amides is 2. The Bertz CT molecular complexity index is 1210. The number of hydrogen-bond acceptors (Lipinski definition) is 6. The molecule has 1 fully saturated rings. The van der Waals surface area contributed by atoms with Crippen molar-refractivity contribution in [2.75, 3.05) is 17.3 Å². The summed E-state index contributed by atoms with van der Waals surface area (Å²) in [4.78, 5) is 38.4. The maximum atomic E-state index is 13.5. The van der Waals surface area contributed by atoms with Gasteiger partial charge in [-0.25, -0.2) is 19.3 Å². The van der Waals surface area contributed by atoms with Gasteiger partial charge >= 0.3 is 6.18 Å². The quantitative estimate of drug-likeness (QED) is 0.529. The Morgan fingerprint density at radius 3 is 2.35 bits per heavy atom. The number of alkyl halides is 3. The van der Waals surface area contributed by atoms with Gasteiger partial charge in [0.1, 0.15) is 23.5 Å². The molecular weight excluding hydrogens is 456 g/mol. The number of carbonyl (C=O) groups is 2. The van der Waals surface area contributed by atoms with Gasteiger partial charge in [-0.1, -0.05) is 0 Å². The molecule has 2 amide bonds. The van der Waals surface area contributed by atoms with Gasteiger partial charge in [-0.05, 0) is 43.2 Å². The van der Waals surface area contributed by atoms with Crippen molar-refractivity contribution in [2.45, 2.75) is 24.6 Å². The molecule has 0 atom stereocenters. The van der Waals surface area contributed by atoms with E-state index in [1.54, 1.807) is 0 Å². The Labute approximate surface area is 191 Å². The van der Waals surface area contributed by atoms with Crippen molar-refractivity contribution in [3.8, 4) is 0 Å². The molecule has 34 heavy (non-hydrogen) atoms. The first kappa shape index (κ1) is 23.1. The Kier molecular flexibility index (Phi) is 5.90. The Balaban J connectivity index is 1.47. The van der Waals surface area contributed by atoms with Crippen molar-refractivity contribution in [1.29, 1.82) is 0 Å². The predicted octanol–water partition coefficient (Wildman–Crippen LogP) is 3.70. The lowest BCUT2D eigenvalue weighted by Gasteiger charge is -2.24. The molecule has 1 saturated carbocycles. The van der Waals surface area contributed by atoms with Crippen LogP contribution in [0.1, 0.15) is 28.8 Å². The van der Waals surface area contributed by atoms with Crippen LogP contribution in [0.2, 0.25) is 0 Å². The first-order valence-electron chi connectivity index (χ1n) is 10.0. The van der Waals surface area contributed by atoms with Crippen molar-refractivity contribution in [1.82, 2.24) is 20.3 Å². The molecule has 2 aromatic heterocycles. The third-order valence-electron chi connectivity index (χ3n) is 5.30. The Morgan fingerprint density at radius 2 is 1.76 bits per heavy atom. The fourth-order valence-electron chi connectivity index (χ4n) is 3.33. The molecule has 0 radical (unpaired) electrons. The van der Waals surface area contributed by atoms with E-state index in [0.29, 0.717) is 18.9 Å². The molecule has 8 nitrogen and oxygen atoms in total. The summed E-state index contributed by atoms with van der Waals surface area (Å²) in [5.74, 6) is -1.49. The smallest absolute Gasteiger partial charge is 0.354 e. The van der Waals surface area contributed by atoms with E-state index in [4.69, 9.17) is 0 Å². The van der Waals surface area contributed by atoms with Crippen LogP contribution in [0, 0.1) is 5.82 Å². The van der Waals surface area contributed by atoms with Crippen LogP contribution in [0.4, 0.5) is 34.8 Å². The van der Waals surface area contributed by atoms with E-state index in [-0.39, 0.29) is 17.1 Å². The number of anilines is 3. The highest BCUT2D eigenvalue weighted by molar-refractivity contribution is 6.06. The number of hydrogen-bond donors (Lipinski definition) is 2. The lowest BCUT2D eigenvalue weighted by molar-refractivity contribution is -0.137. The summed E-state index contributed by atoms with van der Waals surface area (Å²) in [6.45, 7) is 0. The summed E-state index contributed by atoms with van der Waals surface area (Å²) < 4.78 is 53.1. The highest BCUT2D eigenvalue weighted by atomic mass is 19.4. The number of likely N-dealkylation sites (N-methyl/N-ethyl adjacent to an activating group) is 1. The van der Waals surface area contributed by atoms with E-state index in [9.17, 15) is 27.2 Å². The molecular formula is C22H18F4N6O2. The van der Waals surface area contributed by atoms with E-state index in [1.165, 1.54) is 49.0 Å². The Morgan fingerprint density at radius 1 is 1.06 bits per heavy atom. The van der Waals surface area contributed by atoms with E-state index in [2.05, 4.69) is 25.6 Å². The molecule has 3 aromatic rings. The number of rotatable bonds is 6. The maximum Gasteiger partial charge on any atom is 0.418 e. The van der Waals surface area contributed by atoms with Crippen molar-refractivity contribution in [3.05, 3.63) is 72.2 Å². The fourth-order valence-corrected chi connectivity index (χ4v) is 3.33. The van der Waals surface area contributed by atoms with Crippen molar-refractivity contribution >= 4 is 29.0 Å². The second-order valence-electron chi connectivity index (χ2n) is 7.75. The molecule has 0 spiro atoms. The summed E-state index contributed by atoms with van der Waals surface area (Å²) >= 11 is 0. The normalized spacial score (nSPS) is 14.3. The number of halogens is 4. The highest BCUT2D eigenvalue weighted by Gasteiger charge is 2.53. The van der Waals surface area contributed by atoms with Crippen LogP contribution in [0.5, 0.6) is 0 Å². The monoisotopic (exact) mass is 474 g/mol. The molecule has 2 heterocycles. The molecule has 0 saturated heterocycles. The van der Waals surface area contributed by atoms with Crippen LogP contribution in [0.15, 0.2) is 55.2 Å².